The summed E-state index contributed by atoms with van der Waals surface area (Å²) in [4.78, 5) is 30.2. The number of pyridine rings is 1. The van der Waals surface area contributed by atoms with Crippen LogP contribution < -0.4 is 21.3 Å². The molecule has 0 unspecified atom stereocenters. The van der Waals surface area contributed by atoms with Crippen LogP contribution in [0.4, 0.5) is 13.2 Å². The zero-order chi connectivity index (χ0) is 27.9. The van der Waals surface area contributed by atoms with Crippen molar-refractivity contribution in [1.29, 1.82) is 0 Å². The van der Waals surface area contributed by atoms with Gasteiger partial charge in [0, 0.05) is 46.0 Å². The number of hydrogen-bond acceptors (Lipinski definition) is 6. The van der Waals surface area contributed by atoms with Gasteiger partial charge in [-0.25, -0.2) is 4.79 Å². The lowest BCUT2D eigenvalue weighted by molar-refractivity contribution is -0.141. The predicted molar refractivity (Wildman–Crippen MR) is 146 cm³/mol. The van der Waals surface area contributed by atoms with Gasteiger partial charge in [-0.05, 0) is 55.6 Å². The second-order valence-corrected chi connectivity index (χ2v) is 11.4. The summed E-state index contributed by atoms with van der Waals surface area (Å²) in [6.45, 7) is 4.13. The Balaban J connectivity index is 1.56. The van der Waals surface area contributed by atoms with E-state index in [1.807, 2.05) is 25.1 Å². The van der Waals surface area contributed by atoms with Gasteiger partial charge in [0.15, 0.2) is 0 Å². The second kappa shape index (κ2) is 10.8. The fourth-order valence-corrected chi connectivity index (χ4v) is 6.21. The van der Waals surface area contributed by atoms with Crippen molar-refractivity contribution in [2.24, 2.45) is 5.92 Å². The molecule has 0 spiro atoms. The number of aromatic nitrogens is 3. The van der Waals surface area contributed by atoms with E-state index in [4.69, 9.17) is 16.3 Å². The molecule has 39 heavy (non-hydrogen) atoms. The molecule has 7 nitrogen and oxygen atoms in total. The summed E-state index contributed by atoms with van der Waals surface area (Å²) in [5, 5.41) is 3.93. The number of halogens is 4. The van der Waals surface area contributed by atoms with Gasteiger partial charge in [-0.1, -0.05) is 18.5 Å². The molecule has 2 atom stereocenters. The van der Waals surface area contributed by atoms with Crippen LogP contribution in [0.1, 0.15) is 23.8 Å². The molecule has 0 saturated carbocycles. The maximum Gasteiger partial charge on any atom is 0.406 e. The Morgan fingerprint density at radius 3 is 2.74 bits per heavy atom. The summed E-state index contributed by atoms with van der Waals surface area (Å²) < 4.78 is 47.3. The minimum absolute atomic E-state index is 0.0163. The number of alkyl halides is 3. The molecule has 1 saturated heterocycles. The highest BCUT2D eigenvalue weighted by Crippen LogP contribution is 2.42. The molecule has 1 aliphatic rings. The summed E-state index contributed by atoms with van der Waals surface area (Å²) in [6.07, 6.45) is -1.08. The molecule has 1 aromatic carbocycles. The van der Waals surface area contributed by atoms with E-state index in [9.17, 15) is 22.8 Å². The predicted octanol–water partition coefficient (Wildman–Crippen LogP) is 5.24. The van der Waals surface area contributed by atoms with Gasteiger partial charge in [0.25, 0.3) is 5.56 Å². The number of piperidine rings is 1. The van der Waals surface area contributed by atoms with Crippen LogP contribution in [0.25, 0.3) is 21.3 Å². The Labute approximate surface area is 230 Å². The Kier molecular flexibility index (Phi) is 7.58. The standard InChI is InChI=1S/C27H26ClF3N4O3S/c1-15-3-6-32-12-22(15)38-24-16(2)9-17(28)10-20(24)19-4-7-33-21-11-18(39-25(19)21)13-35-23(36)5-8-34(26(35)37)14-27(29,30)31/h4-5,7-11,15,22,32H,3,6,12-14H2,1-2H3/t15-,22+/m1/s1. The van der Waals surface area contributed by atoms with E-state index in [1.54, 1.807) is 12.3 Å². The molecule has 0 bridgehead atoms. The minimum atomic E-state index is -4.59. The molecule has 5 rings (SSSR count). The van der Waals surface area contributed by atoms with Crippen LogP contribution in [0.3, 0.4) is 0 Å². The minimum Gasteiger partial charge on any atom is -0.488 e. The SMILES string of the molecule is Cc1cc(Cl)cc(-c2ccnc3cc(Cn4c(=O)ccn(CC(F)(F)F)c4=O)sc23)c1O[C@H]1CNCC[C@H]1C. The lowest BCUT2D eigenvalue weighted by atomic mass is 9.96. The highest BCUT2D eigenvalue weighted by atomic mass is 35.5. The van der Waals surface area contributed by atoms with Crippen LogP contribution in [0.2, 0.25) is 5.02 Å². The smallest absolute Gasteiger partial charge is 0.406 e. The summed E-state index contributed by atoms with van der Waals surface area (Å²) >= 11 is 7.78. The zero-order valence-corrected chi connectivity index (χ0v) is 22.8. The van der Waals surface area contributed by atoms with E-state index in [0.29, 0.717) is 25.9 Å². The average molecular weight is 579 g/mol. The first kappa shape index (κ1) is 27.4. The lowest BCUT2D eigenvalue weighted by Gasteiger charge is -2.31. The normalized spacial score (nSPS) is 18.0. The maximum absolute atomic E-state index is 12.9. The second-order valence-electron chi connectivity index (χ2n) is 9.78. The summed E-state index contributed by atoms with van der Waals surface area (Å²) in [5.74, 6) is 1.09. The molecule has 4 aromatic rings. The van der Waals surface area contributed by atoms with Crippen molar-refractivity contribution in [2.75, 3.05) is 13.1 Å². The molecule has 206 valence electrons. The van der Waals surface area contributed by atoms with Gasteiger partial charge in [-0.3, -0.25) is 18.9 Å². The van der Waals surface area contributed by atoms with Gasteiger partial charge in [-0.2, -0.15) is 13.2 Å². The molecule has 0 radical (unpaired) electrons. The topological polar surface area (TPSA) is 78.2 Å². The van der Waals surface area contributed by atoms with Crippen molar-refractivity contribution < 1.29 is 17.9 Å². The van der Waals surface area contributed by atoms with Crippen molar-refractivity contribution in [1.82, 2.24) is 19.4 Å². The maximum atomic E-state index is 12.9. The number of ether oxygens (including phenoxy) is 1. The molecule has 3 aromatic heterocycles. The Morgan fingerprint density at radius 1 is 1.21 bits per heavy atom. The highest BCUT2D eigenvalue weighted by molar-refractivity contribution is 7.19. The monoisotopic (exact) mass is 578 g/mol. The van der Waals surface area contributed by atoms with Crippen LogP contribution in [0.15, 0.2) is 52.3 Å². The number of fused-ring (bicyclic) bond motifs is 1. The number of aryl methyl sites for hydroxylation is 1. The number of nitrogens with zero attached hydrogens (tertiary/aromatic N) is 3. The van der Waals surface area contributed by atoms with Crippen molar-refractivity contribution in [3.05, 3.63) is 79.0 Å². The third kappa shape index (κ3) is 5.90. The van der Waals surface area contributed by atoms with E-state index in [-0.39, 0.29) is 12.6 Å². The van der Waals surface area contributed by atoms with Gasteiger partial charge >= 0.3 is 11.9 Å². The Bertz CT molecular complexity index is 1650. The molecule has 1 fully saturated rings. The largest absolute Gasteiger partial charge is 0.488 e. The lowest BCUT2D eigenvalue weighted by Crippen LogP contribution is -2.43. The molecular weight excluding hydrogens is 553 g/mol. The van der Waals surface area contributed by atoms with Crippen LogP contribution in [-0.2, 0) is 13.1 Å². The molecule has 1 aliphatic heterocycles. The molecule has 0 aliphatic carbocycles. The van der Waals surface area contributed by atoms with Crippen molar-refractivity contribution in [3.8, 4) is 16.9 Å². The fourth-order valence-electron chi connectivity index (χ4n) is 4.81. The molecule has 1 N–H and O–H groups in total. The van der Waals surface area contributed by atoms with E-state index in [1.165, 1.54) is 11.3 Å². The Morgan fingerprint density at radius 2 is 2.00 bits per heavy atom. The van der Waals surface area contributed by atoms with Crippen LogP contribution >= 0.6 is 22.9 Å². The van der Waals surface area contributed by atoms with E-state index in [0.717, 1.165) is 63.5 Å². The highest BCUT2D eigenvalue weighted by Gasteiger charge is 2.29. The van der Waals surface area contributed by atoms with Crippen LogP contribution in [0.5, 0.6) is 5.75 Å². The van der Waals surface area contributed by atoms with E-state index >= 15 is 0 Å². The first-order valence-corrected chi connectivity index (χ1v) is 13.6. The number of thiophene rings is 1. The summed E-state index contributed by atoms with van der Waals surface area (Å²) in [6, 6.07) is 8.25. The summed E-state index contributed by atoms with van der Waals surface area (Å²) in [5.41, 5.74) is 1.43. The van der Waals surface area contributed by atoms with Gasteiger partial charge in [0.2, 0.25) is 0 Å². The molecule has 12 heteroatoms. The van der Waals surface area contributed by atoms with E-state index < -0.39 is 24.0 Å². The fraction of sp³-hybridized carbons (Fsp3) is 0.370. The molecular formula is C27H26ClF3N4O3S. The first-order valence-electron chi connectivity index (χ1n) is 12.4. The quantitative estimate of drug-likeness (QED) is 0.339. The number of rotatable bonds is 6. The van der Waals surface area contributed by atoms with Gasteiger partial charge in [0.05, 0.1) is 16.8 Å². The van der Waals surface area contributed by atoms with Crippen LogP contribution in [0, 0.1) is 12.8 Å². The van der Waals surface area contributed by atoms with Crippen molar-refractivity contribution >= 4 is 33.2 Å². The molecule has 0 amide bonds. The Hall–Kier alpha value is -3.15. The van der Waals surface area contributed by atoms with Crippen molar-refractivity contribution in [2.45, 2.75) is 45.6 Å². The molecule has 4 heterocycles. The third-order valence-electron chi connectivity index (χ3n) is 6.82. The van der Waals surface area contributed by atoms with Crippen LogP contribution in [-0.4, -0.2) is 39.5 Å². The number of nitrogens with one attached hydrogen (secondary N) is 1. The third-order valence-corrected chi connectivity index (χ3v) is 8.18. The zero-order valence-electron chi connectivity index (χ0n) is 21.2. The van der Waals surface area contributed by atoms with Gasteiger partial charge in [-0.15, -0.1) is 11.3 Å². The number of hydrogen-bond donors (Lipinski definition) is 1. The first-order chi connectivity index (χ1) is 18.5. The average Bonchev–Trinajstić information content (AvgIpc) is 3.28. The van der Waals surface area contributed by atoms with Crippen molar-refractivity contribution in [3.63, 3.8) is 0 Å². The van der Waals surface area contributed by atoms with Gasteiger partial charge in [0.1, 0.15) is 18.4 Å². The number of benzene rings is 1. The van der Waals surface area contributed by atoms with E-state index in [2.05, 4.69) is 17.2 Å². The van der Waals surface area contributed by atoms with Gasteiger partial charge < -0.3 is 10.1 Å². The summed E-state index contributed by atoms with van der Waals surface area (Å²) in [7, 11) is 0.